The van der Waals surface area contributed by atoms with Crippen LogP contribution in [0.3, 0.4) is 0 Å². The number of hydrogen-bond donors (Lipinski definition) is 2. The minimum absolute atomic E-state index is 0.155. The van der Waals surface area contributed by atoms with Gasteiger partial charge in [0.1, 0.15) is 27.8 Å². The first kappa shape index (κ1) is 16.0. The third-order valence-corrected chi connectivity index (χ3v) is 2.65. The summed E-state index contributed by atoms with van der Waals surface area (Å²) >= 11 is 2.88. The van der Waals surface area contributed by atoms with E-state index in [1.165, 1.54) is 24.3 Å². The zero-order valence-electron chi connectivity index (χ0n) is 10.7. The van der Waals surface area contributed by atoms with Crippen LogP contribution < -0.4 is 11.5 Å². The molecular formula is C13H13BrF2N4. The van der Waals surface area contributed by atoms with Crippen LogP contribution in [0.5, 0.6) is 0 Å². The Morgan fingerprint density at radius 2 is 1.55 bits per heavy atom. The summed E-state index contributed by atoms with van der Waals surface area (Å²) in [5.41, 5.74) is 11.4. The highest BCUT2D eigenvalue weighted by Gasteiger charge is 2.03. The molecule has 7 heteroatoms. The van der Waals surface area contributed by atoms with Gasteiger partial charge >= 0.3 is 0 Å². The van der Waals surface area contributed by atoms with Gasteiger partial charge in [-0.05, 0) is 52.7 Å². The SMILES string of the molecule is C=C(C)c1nc(N)ccc1F.Nc1ccc(F)c(Br)n1. The number of halogens is 3. The van der Waals surface area contributed by atoms with E-state index < -0.39 is 5.82 Å². The van der Waals surface area contributed by atoms with Crippen molar-refractivity contribution in [2.24, 2.45) is 0 Å². The number of anilines is 2. The van der Waals surface area contributed by atoms with Crippen LogP contribution in [0, 0.1) is 11.6 Å². The maximum Gasteiger partial charge on any atom is 0.156 e. The topological polar surface area (TPSA) is 77.8 Å². The van der Waals surface area contributed by atoms with Crippen molar-refractivity contribution in [3.8, 4) is 0 Å². The number of aromatic nitrogens is 2. The predicted octanol–water partition coefficient (Wildman–Crippen LogP) is 3.40. The molecule has 0 spiro atoms. The smallest absolute Gasteiger partial charge is 0.156 e. The summed E-state index contributed by atoms with van der Waals surface area (Å²) in [6, 6.07) is 5.36. The third-order valence-electron chi connectivity index (χ3n) is 2.10. The average molecular weight is 343 g/mol. The van der Waals surface area contributed by atoms with Crippen molar-refractivity contribution in [2.75, 3.05) is 11.5 Å². The summed E-state index contributed by atoms with van der Waals surface area (Å²) in [6.45, 7) is 5.25. The molecule has 2 aromatic rings. The molecule has 106 valence electrons. The molecule has 0 aliphatic heterocycles. The van der Waals surface area contributed by atoms with Crippen molar-refractivity contribution < 1.29 is 8.78 Å². The van der Waals surface area contributed by atoms with Crippen LogP contribution >= 0.6 is 15.9 Å². The summed E-state index contributed by atoms with van der Waals surface area (Å²) in [7, 11) is 0. The monoisotopic (exact) mass is 342 g/mol. The van der Waals surface area contributed by atoms with Crippen molar-refractivity contribution in [1.82, 2.24) is 9.97 Å². The van der Waals surface area contributed by atoms with E-state index in [1.54, 1.807) is 6.92 Å². The van der Waals surface area contributed by atoms with E-state index in [4.69, 9.17) is 11.5 Å². The van der Waals surface area contributed by atoms with E-state index in [0.717, 1.165) is 0 Å². The number of nitrogen functional groups attached to an aromatic ring is 2. The highest BCUT2D eigenvalue weighted by Crippen LogP contribution is 2.14. The van der Waals surface area contributed by atoms with Gasteiger partial charge in [0, 0.05) is 0 Å². The molecule has 0 atom stereocenters. The predicted molar refractivity (Wildman–Crippen MR) is 79.6 cm³/mol. The number of allylic oxidation sites excluding steroid dienone is 1. The van der Waals surface area contributed by atoms with E-state index in [9.17, 15) is 8.78 Å². The first-order valence-corrected chi connectivity index (χ1v) is 6.26. The fourth-order valence-corrected chi connectivity index (χ4v) is 1.52. The lowest BCUT2D eigenvalue weighted by Gasteiger charge is -2.00. The lowest BCUT2D eigenvalue weighted by molar-refractivity contribution is 0.613. The lowest BCUT2D eigenvalue weighted by Crippen LogP contribution is -1.96. The van der Waals surface area contributed by atoms with Crippen LogP contribution in [0.15, 0.2) is 35.4 Å². The van der Waals surface area contributed by atoms with Crippen LogP contribution in [0.25, 0.3) is 5.57 Å². The number of pyridine rings is 2. The summed E-state index contributed by atoms with van der Waals surface area (Å²) in [5.74, 6) is -0.163. The van der Waals surface area contributed by atoms with Gasteiger partial charge in [-0.15, -0.1) is 0 Å². The van der Waals surface area contributed by atoms with Gasteiger partial charge in [0.2, 0.25) is 0 Å². The van der Waals surface area contributed by atoms with E-state index in [2.05, 4.69) is 32.5 Å². The Labute approximate surface area is 123 Å². The van der Waals surface area contributed by atoms with Crippen LogP contribution in [0.4, 0.5) is 20.4 Å². The van der Waals surface area contributed by atoms with E-state index >= 15 is 0 Å². The Kier molecular flexibility index (Phi) is 5.57. The molecule has 4 N–H and O–H groups in total. The van der Waals surface area contributed by atoms with Gasteiger partial charge in [0.25, 0.3) is 0 Å². The zero-order chi connectivity index (χ0) is 15.3. The second kappa shape index (κ2) is 6.95. The van der Waals surface area contributed by atoms with Gasteiger partial charge in [-0.25, -0.2) is 18.7 Å². The Balaban J connectivity index is 0.000000204. The van der Waals surface area contributed by atoms with Gasteiger partial charge in [0.05, 0.1) is 0 Å². The average Bonchev–Trinajstić information content (AvgIpc) is 2.38. The van der Waals surface area contributed by atoms with Gasteiger partial charge in [-0.3, -0.25) is 0 Å². The zero-order valence-corrected chi connectivity index (χ0v) is 12.3. The van der Waals surface area contributed by atoms with Gasteiger partial charge in [-0.1, -0.05) is 6.58 Å². The number of nitrogens with zero attached hydrogens (tertiary/aromatic N) is 2. The van der Waals surface area contributed by atoms with Crippen molar-refractivity contribution in [1.29, 1.82) is 0 Å². The maximum absolute atomic E-state index is 12.8. The number of nitrogens with two attached hydrogens (primary N) is 2. The summed E-state index contributed by atoms with van der Waals surface area (Å²) < 4.78 is 25.3. The van der Waals surface area contributed by atoms with Crippen LogP contribution in [0.2, 0.25) is 0 Å². The molecule has 0 aliphatic rings. The molecule has 0 unspecified atom stereocenters. The molecule has 2 aromatic heterocycles. The standard InChI is InChI=1S/C8H9FN2.C5H4BrFN2/c1-5(2)8-6(9)3-4-7(10)11-8;6-5-3(7)1-2-4(8)9-5/h3-4H,1H2,2H3,(H2,10,11);1-2H,(H2,8,9). The third kappa shape index (κ3) is 4.58. The normalized spacial score (nSPS) is 9.60. The second-order valence-electron chi connectivity index (χ2n) is 3.86. The van der Waals surface area contributed by atoms with Crippen molar-refractivity contribution in [3.63, 3.8) is 0 Å². The van der Waals surface area contributed by atoms with E-state index in [1.807, 2.05) is 0 Å². The second-order valence-corrected chi connectivity index (χ2v) is 4.61. The van der Waals surface area contributed by atoms with Crippen LogP contribution in [-0.4, -0.2) is 9.97 Å². The van der Waals surface area contributed by atoms with Gasteiger partial charge in [-0.2, -0.15) is 0 Å². The first-order chi connectivity index (χ1) is 9.31. The molecule has 0 aromatic carbocycles. The minimum Gasteiger partial charge on any atom is -0.384 e. The van der Waals surface area contributed by atoms with Crippen LogP contribution in [-0.2, 0) is 0 Å². The van der Waals surface area contributed by atoms with Crippen molar-refractivity contribution in [2.45, 2.75) is 6.92 Å². The van der Waals surface area contributed by atoms with Gasteiger partial charge in [0.15, 0.2) is 5.82 Å². The molecule has 0 amide bonds. The minimum atomic E-state index is -0.399. The number of hydrogen-bond acceptors (Lipinski definition) is 4. The fraction of sp³-hybridized carbons (Fsp3) is 0.0769. The molecule has 0 fully saturated rings. The molecule has 0 radical (unpaired) electrons. The quantitative estimate of drug-likeness (QED) is 0.778. The highest BCUT2D eigenvalue weighted by atomic mass is 79.9. The lowest BCUT2D eigenvalue weighted by atomic mass is 10.2. The molecule has 20 heavy (non-hydrogen) atoms. The molecule has 0 saturated carbocycles. The van der Waals surface area contributed by atoms with Crippen LogP contribution in [0.1, 0.15) is 12.6 Å². The first-order valence-electron chi connectivity index (χ1n) is 5.46. The molecule has 0 bridgehead atoms. The number of rotatable bonds is 1. The Morgan fingerprint density at radius 1 is 1.05 bits per heavy atom. The molecule has 0 aliphatic carbocycles. The van der Waals surface area contributed by atoms with Gasteiger partial charge < -0.3 is 11.5 Å². The molecule has 2 rings (SSSR count). The molecule has 2 heterocycles. The Morgan fingerprint density at radius 3 is 1.95 bits per heavy atom. The Hall–Kier alpha value is -2.02. The van der Waals surface area contributed by atoms with Crippen molar-refractivity contribution in [3.05, 3.63) is 52.8 Å². The Bertz CT molecular complexity index is 632. The molecule has 0 saturated heterocycles. The molecular weight excluding hydrogens is 330 g/mol. The molecule has 4 nitrogen and oxygen atoms in total. The van der Waals surface area contributed by atoms with E-state index in [0.29, 0.717) is 17.2 Å². The summed E-state index contributed by atoms with van der Waals surface area (Å²) in [6.07, 6.45) is 0. The summed E-state index contributed by atoms with van der Waals surface area (Å²) in [4.78, 5) is 7.37. The highest BCUT2D eigenvalue weighted by molar-refractivity contribution is 9.10. The summed E-state index contributed by atoms with van der Waals surface area (Å²) in [5, 5.41) is 0. The largest absolute Gasteiger partial charge is 0.384 e. The fourth-order valence-electron chi connectivity index (χ4n) is 1.19. The van der Waals surface area contributed by atoms with Crippen molar-refractivity contribution >= 4 is 33.1 Å². The van der Waals surface area contributed by atoms with E-state index in [-0.39, 0.29) is 16.1 Å². The maximum atomic E-state index is 12.8.